The third kappa shape index (κ3) is 4.18. The molecule has 2 aliphatic heterocycles. The summed E-state index contributed by atoms with van der Waals surface area (Å²) in [5, 5.41) is 15.2. The molecule has 0 saturated carbocycles. The van der Waals surface area contributed by atoms with Crippen LogP contribution in [-0.4, -0.2) is 60.6 Å². The van der Waals surface area contributed by atoms with Crippen LogP contribution in [0.2, 0.25) is 0 Å². The van der Waals surface area contributed by atoms with Gasteiger partial charge in [-0.2, -0.15) is 0 Å². The lowest BCUT2D eigenvalue weighted by Gasteiger charge is -2.32. The number of aliphatic carboxylic acids is 1. The summed E-state index contributed by atoms with van der Waals surface area (Å²) < 4.78 is 0. The number of carbonyl (C=O) groups is 2. The second-order valence-electron chi connectivity index (χ2n) is 5.42. The minimum absolute atomic E-state index is 0.103. The Morgan fingerprint density at radius 2 is 1.95 bits per heavy atom. The van der Waals surface area contributed by atoms with E-state index in [0.717, 1.165) is 32.4 Å². The zero-order chi connectivity index (χ0) is 13.7. The largest absolute Gasteiger partial charge is 0.480 e. The smallest absolute Gasteiger partial charge is 0.322 e. The summed E-state index contributed by atoms with van der Waals surface area (Å²) in [6.45, 7) is 3.58. The number of rotatable bonds is 4. The van der Waals surface area contributed by atoms with Crippen LogP contribution in [0.5, 0.6) is 0 Å². The number of nitrogens with zero attached hydrogens (tertiary/aromatic N) is 1. The second-order valence-corrected chi connectivity index (χ2v) is 5.42. The average Bonchev–Trinajstić information content (AvgIpc) is 2.46. The van der Waals surface area contributed by atoms with Crippen LogP contribution in [-0.2, 0) is 9.59 Å². The van der Waals surface area contributed by atoms with Crippen LogP contribution in [0.1, 0.15) is 25.7 Å². The summed E-state index contributed by atoms with van der Waals surface area (Å²) in [5.74, 6) is -0.134. The molecule has 0 bridgehead atoms. The third-order valence-corrected chi connectivity index (χ3v) is 4.05. The fourth-order valence-corrected chi connectivity index (χ4v) is 2.80. The van der Waals surface area contributed by atoms with Gasteiger partial charge in [0, 0.05) is 26.1 Å². The van der Waals surface area contributed by atoms with Gasteiger partial charge in [-0.3, -0.25) is 9.59 Å². The van der Waals surface area contributed by atoms with E-state index in [1.807, 2.05) is 0 Å². The molecule has 0 aromatic carbocycles. The number of hydrogen-bond donors (Lipinski definition) is 3. The standard InChI is InChI=1S/C13H23N3O3/c17-12(2-1-10-3-5-14-6-4-10)16-8-7-15-11(9-16)13(18)19/h10-11,14-15H,1-9H2,(H,18,19)/t11-/m1/s1. The second kappa shape index (κ2) is 6.86. The number of piperidine rings is 1. The molecule has 0 aromatic rings. The Hall–Kier alpha value is -1.14. The van der Waals surface area contributed by atoms with Gasteiger partial charge in [-0.15, -0.1) is 0 Å². The fourth-order valence-electron chi connectivity index (χ4n) is 2.80. The van der Waals surface area contributed by atoms with Crippen molar-refractivity contribution in [2.75, 3.05) is 32.7 Å². The molecule has 0 unspecified atom stereocenters. The Morgan fingerprint density at radius 3 is 2.63 bits per heavy atom. The van der Waals surface area contributed by atoms with Crippen LogP contribution in [0.3, 0.4) is 0 Å². The first kappa shape index (κ1) is 14.3. The summed E-state index contributed by atoms with van der Waals surface area (Å²) in [7, 11) is 0. The summed E-state index contributed by atoms with van der Waals surface area (Å²) in [6.07, 6.45) is 3.78. The topological polar surface area (TPSA) is 81.7 Å². The van der Waals surface area contributed by atoms with Crippen molar-refractivity contribution in [1.82, 2.24) is 15.5 Å². The van der Waals surface area contributed by atoms with Crippen molar-refractivity contribution in [2.45, 2.75) is 31.7 Å². The first-order valence-corrected chi connectivity index (χ1v) is 7.11. The zero-order valence-corrected chi connectivity index (χ0v) is 11.2. The number of hydrogen-bond acceptors (Lipinski definition) is 4. The van der Waals surface area contributed by atoms with Crippen molar-refractivity contribution >= 4 is 11.9 Å². The van der Waals surface area contributed by atoms with Crippen LogP contribution in [0.25, 0.3) is 0 Å². The molecule has 2 heterocycles. The molecule has 2 rings (SSSR count). The molecule has 0 aromatic heterocycles. The summed E-state index contributed by atoms with van der Waals surface area (Å²) in [5.41, 5.74) is 0. The maximum absolute atomic E-state index is 12.1. The van der Waals surface area contributed by atoms with E-state index >= 15 is 0 Å². The highest BCUT2D eigenvalue weighted by atomic mass is 16.4. The highest BCUT2D eigenvalue weighted by molar-refractivity contribution is 5.79. The first-order chi connectivity index (χ1) is 9.16. The van der Waals surface area contributed by atoms with E-state index in [4.69, 9.17) is 5.11 Å². The van der Waals surface area contributed by atoms with Crippen molar-refractivity contribution < 1.29 is 14.7 Å². The van der Waals surface area contributed by atoms with Crippen molar-refractivity contribution in [3.8, 4) is 0 Å². The Kier molecular flexibility index (Phi) is 5.15. The number of amides is 1. The van der Waals surface area contributed by atoms with Gasteiger partial charge in [0.05, 0.1) is 0 Å². The van der Waals surface area contributed by atoms with E-state index in [1.165, 1.54) is 0 Å². The molecule has 1 amide bonds. The normalized spacial score (nSPS) is 25.3. The third-order valence-electron chi connectivity index (χ3n) is 4.05. The Bertz CT molecular complexity index is 329. The molecular formula is C13H23N3O3. The molecule has 0 radical (unpaired) electrons. The van der Waals surface area contributed by atoms with E-state index < -0.39 is 12.0 Å². The van der Waals surface area contributed by atoms with Crippen LogP contribution in [0.4, 0.5) is 0 Å². The van der Waals surface area contributed by atoms with Crippen LogP contribution >= 0.6 is 0 Å². The molecule has 19 heavy (non-hydrogen) atoms. The molecule has 0 spiro atoms. The van der Waals surface area contributed by atoms with Crippen molar-refractivity contribution in [3.05, 3.63) is 0 Å². The number of piperazine rings is 1. The van der Waals surface area contributed by atoms with E-state index in [2.05, 4.69) is 10.6 Å². The Balaban J connectivity index is 1.74. The summed E-state index contributed by atoms with van der Waals surface area (Å²) >= 11 is 0. The molecular weight excluding hydrogens is 246 g/mol. The van der Waals surface area contributed by atoms with E-state index in [1.54, 1.807) is 4.90 Å². The van der Waals surface area contributed by atoms with E-state index in [0.29, 0.717) is 32.0 Å². The molecule has 2 saturated heterocycles. The van der Waals surface area contributed by atoms with Gasteiger partial charge in [-0.1, -0.05) is 0 Å². The lowest BCUT2D eigenvalue weighted by Crippen LogP contribution is -2.55. The van der Waals surface area contributed by atoms with Crippen molar-refractivity contribution in [2.24, 2.45) is 5.92 Å². The lowest BCUT2D eigenvalue weighted by atomic mass is 9.93. The molecule has 2 aliphatic rings. The fraction of sp³-hybridized carbons (Fsp3) is 0.846. The molecule has 0 aliphatic carbocycles. The molecule has 6 nitrogen and oxygen atoms in total. The minimum atomic E-state index is -0.879. The predicted molar refractivity (Wildman–Crippen MR) is 70.8 cm³/mol. The van der Waals surface area contributed by atoms with Gasteiger partial charge in [0.25, 0.3) is 0 Å². The van der Waals surface area contributed by atoms with E-state index in [-0.39, 0.29) is 5.91 Å². The maximum atomic E-state index is 12.1. The molecule has 108 valence electrons. The van der Waals surface area contributed by atoms with Gasteiger partial charge in [0.15, 0.2) is 0 Å². The number of carboxylic acid groups (broad SMARTS) is 1. The Labute approximate surface area is 113 Å². The highest BCUT2D eigenvalue weighted by Gasteiger charge is 2.27. The SMILES string of the molecule is O=C(O)[C@H]1CN(C(=O)CCC2CCNCC2)CCN1. The minimum Gasteiger partial charge on any atom is -0.480 e. The van der Waals surface area contributed by atoms with Crippen molar-refractivity contribution in [1.29, 1.82) is 0 Å². The number of carbonyl (C=O) groups excluding carboxylic acids is 1. The Morgan fingerprint density at radius 1 is 1.21 bits per heavy atom. The van der Waals surface area contributed by atoms with E-state index in [9.17, 15) is 9.59 Å². The van der Waals surface area contributed by atoms with Gasteiger partial charge >= 0.3 is 5.97 Å². The number of carboxylic acids is 1. The quantitative estimate of drug-likeness (QED) is 0.650. The van der Waals surface area contributed by atoms with Crippen LogP contribution < -0.4 is 10.6 Å². The monoisotopic (exact) mass is 269 g/mol. The zero-order valence-electron chi connectivity index (χ0n) is 11.2. The maximum Gasteiger partial charge on any atom is 0.322 e. The van der Waals surface area contributed by atoms with Gasteiger partial charge in [-0.05, 0) is 38.3 Å². The first-order valence-electron chi connectivity index (χ1n) is 7.11. The predicted octanol–water partition coefficient (Wildman–Crippen LogP) is -0.349. The number of nitrogens with one attached hydrogen (secondary N) is 2. The van der Waals surface area contributed by atoms with Crippen LogP contribution in [0.15, 0.2) is 0 Å². The van der Waals surface area contributed by atoms with Crippen LogP contribution in [0, 0.1) is 5.92 Å². The summed E-state index contributed by atoms with van der Waals surface area (Å²) in [4.78, 5) is 24.7. The summed E-state index contributed by atoms with van der Waals surface area (Å²) in [6, 6.07) is -0.614. The molecule has 2 fully saturated rings. The lowest BCUT2D eigenvalue weighted by molar-refractivity contribution is -0.142. The average molecular weight is 269 g/mol. The van der Waals surface area contributed by atoms with Gasteiger partial charge in [0.2, 0.25) is 5.91 Å². The molecule has 6 heteroatoms. The molecule has 3 N–H and O–H groups in total. The van der Waals surface area contributed by atoms with Gasteiger partial charge in [0.1, 0.15) is 6.04 Å². The molecule has 1 atom stereocenters. The highest BCUT2D eigenvalue weighted by Crippen LogP contribution is 2.18. The van der Waals surface area contributed by atoms with Gasteiger partial charge < -0.3 is 20.6 Å². The van der Waals surface area contributed by atoms with Gasteiger partial charge in [-0.25, -0.2) is 0 Å². The van der Waals surface area contributed by atoms with Crippen molar-refractivity contribution in [3.63, 3.8) is 0 Å².